The number of aryl methyl sites for hydroxylation is 3. The van der Waals surface area contributed by atoms with Crippen molar-refractivity contribution in [3.63, 3.8) is 0 Å². The smallest absolute Gasteiger partial charge is 0.197 e. The fourth-order valence-corrected chi connectivity index (χ4v) is 5.78. The van der Waals surface area contributed by atoms with Crippen LogP contribution in [0.15, 0.2) is 96.6 Å². The van der Waals surface area contributed by atoms with Gasteiger partial charge in [0.15, 0.2) is 17.2 Å². The van der Waals surface area contributed by atoms with Gasteiger partial charge in [0.1, 0.15) is 5.82 Å². The molecule has 6 aromatic rings. The highest BCUT2D eigenvalue weighted by Crippen LogP contribution is 2.35. The van der Waals surface area contributed by atoms with Crippen LogP contribution in [-0.2, 0) is 7.05 Å². The number of hydrogen-bond donors (Lipinski definition) is 0. The number of ketones is 2. The first-order valence-electron chi connectivity index (χ1n) is 13.0. The molecule has 4 aromatic carbocycles. The van der Waals surface area contributed by atoms with Crippen molar-refractivity contribution in [2.75, 3.05) is 0 Å². The fourth-order valence-electron chi connectivity index (χ4n) is 5.78. The van der Waals surface area contributed by atoms with Crippen LogP contribution in [0.3, 0.4) is 0 Å². The monoisotopic (exact) mass is 507 g/mol. The van der Waals surface area contributed by atoms with Crippen molar-refractivity contribution in [3.8, 4) is 17.1 Å². The van der Waals surface area contributed by atoms with Gasteiger partial charge in [0.25, 0.3) is 0 Å². The van der Waals surface area contributed by atoms with Crippen molar-refractivity contribution in [1.29, 1.82) is 0 Å². The molecule has 7 rings (SSSR count). The molecule has 1 aliphatic rings. The number of fused-ring (bicyclic) bond motifs is 3. The predicted molar refractivity (Wildman–Crippen MR) is 156 cm³/mol. The number of aromatic nitrogens is 3. The van der Waals surface area contributed by atoms with Crippen LogP contribution in [0.1, 0.15) is 37.5 Å². The maximum absolute atomic E-state index is 13.6. The predicted octanol–water partition coefficient (Wildman–Crippen LogP) is 7.26. The summed E-state index contributed by atoms with van der Waals surface area (Å²) in [6.45, 7) is 4.14. The topological polar surface area (TPSA) is 56.9 Å². The van der Waals surface area contributed by atoms with E-state index in [0.717, 1.165) is 55.8 Å². The number of Topliss-reactive ketones (excluding diaryl/α,β-unsaturated/α-hetero) is 2. The molecule has 188 valence electrons. The van der Waals surface area contributed by atoms with Crippen LogP contribution in [0.2, 0.25) is 0 Å². The van der Waals surface area contributed by atoms with E-state index in [0.29, 0.717) is 11.1 Å². The molecule has 0 bridgehead atoms. The van der Waals surface area contributed by atoms with Gasteiger partial charge in [0, 0.05) is 23.7 Å². The number of nitrogens with zero attached hydrogens (tertiary/aromatic N) is 3. The molecule has 0 saturated carbocycles. The van der Waals surface area contributed by atoms with Crippen LogP contribution in [-0.4, -0.2) is 25.7 Å². The van der Waals surface area contributed by atoms with Gasteiger partial charge >= 0.3 is 0 Å². The lowest BCUT2D eigenvalue weighted by Crippen LogP contribution is -2.05. The Kier molecular flexibility index (Phi) is 5.04. The van der Waals surface area contributed by atoms with E-state index in [4.69, 9.17) is 4.98 Å². The molecule has 1 aliphatic carbocycles. The highest BCUT2D eigenvalue weighted by atomic mass is 16.2. The average Bonchev–Trinajstić information content (AvgIpc) is 3.53. The lowest BCUT2D eigenvalue weighted by Gasteiger charge is -2.14. The quantitative estimate of drug-likeness (QED) is 0.187. The number of rotatable bonds is 3. The Morgan fingerprint density at radius 1 is 0.718 bits per heavy atom. The molecular weight excluding hydrogens is 482 g/mol. The van der Waals surface area contributed by atoms with E-state index in [-0.39, 0.29) is 17.1 Å². The van der Waals surface area contributed by atoms with Crippen molar-refractivity contribution >= 4 is 39.6 Å². The highest BCUT2D eigenvalue weighted by molar-refractivity contribution is 6.42. The van der Waals surface area contributed by atoms with E-state index >= 15 is 0 Å². The molecule has 0 amide bonds. The van der Waals surface area contributed by atoms with E-state index < -0.39 is 0 Å². The van der Waals surface area contributed by atoms with Crippen LogP contribution in [0.25, 0.3) is 45.1 Å². The molecule has 0 fully saturated rings. The van der Waals surface area contributed by atoms with Crippen molar-refractivity contribution in [2.45, 2.75) is 13.8 Å². The zero-order chi connectivity index (χ0) is 26.8. The number of hydrogen-bond acceptors (Lipinski definition) is 3. The summed E-state index contributed by atoms with van der Waals surface area (Å²) < 4.78 is 4.15. The molecule has 2 heterocycles. The largest absolute Gasteiger partial charge is 0.326 e. The number of carbonyl (C=O) groups excluding carboxylic acids is 2. The summed E-state index contributed by atoms with van der Waals surface area (Å²) in [7, 11) is 2.00. The van der Waals surface area contributed by atoms with Crippen molar-refractivity contribution < 1.29 is 9.59 Å². The molecule has 5 heteroatoms. The zero-order valence-corrected chi connectivity index (χ0v) is 21.9. The zero-order valence-electron chi connectivity index (χ0n) is 21.9. The minimum absolute atomic E-state index is 0.180. The van der Waals surface area contributed by atoms with Gasteiger partial charge in [-0.2, -0.15) is 0 Å². The molecule has 5 nitrogen and oxygen atoms in total. The summed E-state index contributed by atoms with van der Waals surface area (Å²) in [6, 6.07) is 29.7. The van der Waals surface area contributed by atoms with Crippen LogP contribution < -0.4 is 0 Å². The highest BCUT2D eigenvalue weighted by Gasteiger charge is 2.34. The van der Waals surface area contributed by atoms with Crippen molar-refractivity contribution in [1.82, 2.24) is 14.1 Å². The third-order valence-corrected chi connectivity index (χ3v) is 7.73. The lowest BCUT2D eigenvalue weighted by atomic mass is 10.0. The Labute approximate surface area is 225 Å². The second kappa shape index (κ2) is 8.50. The molecule has 0 radical (unpaired) electrons. The molecule has 0 unspecified atom stereocenters. The van der Waals surface area contributed by atoms with Crippen LogP contribution in [0, 0.1) is 13.8 Å². The maximum atomic E-state index is 13.6. The van der Waals surface area contributed by atoms with E-state index in [2.05, 4.69) is 35.1 Å². The van der Waals surface area contributed by atoms with Crippen LogP contribution in [0.5, 0.6) is 0 Å². The Hall–Kier alpha value is -5.03. The summed E-state index contributed by atoms with van der Waals surface area (Å²) in [4.78, 5) is 32.2. The molecule has 0 N–H and O–H groups in total. The Balaban J connectivity index is 1.47. The molecule has 0 saturated heterocycles. The molecular formula is C34H25N3O2. The Bertz CT molecular complexity index is 1950. The molecule has 0 aliphatic heterocycles. The number of para-hydroxylation sites is 1. The number of benzene rings is 4. The van der Waals surface area contributed by atoms with Crippen molar-refractivity contribution in [2.24, 2.45) is 7.05 Å². The second-order valence-electron chi connectivity index (χ2n) is 10.2. The van der Waals surface area contributed by atoms with E-state index in [9.17, 15) is 9.59 Å². The van der Waals surface area contributed by atoms with Crippen LogP contribution in [0.4, 0.5) is 0 Å². The van der Waals surface area contributed by atoms with Gasteiger partial charge < -0.3 is 4.57 Å². The molecule has 39 heavy (non-hydrogen) atoms. The van der Waals surface area contributed by atoms with Gasteiger partial charge in [-0.15, -0.1) is 0 Å². The van der Waals surface area contributed by atoms with Gasteiger partial charge in [-0.1, -0.05) is 72.8 Å². The first kappa shape index (κ1) is 23.1. The number of allylic oxidation sites excluding steroid dienone is 1. The van der Waals surface area contributed by atoms with Gasteiger partial charge in [0.2, 0.25) is 0 Å². The van der Waals surface area contributed by atoms with Gasteiger partial charge in [-0.3, -0.25) is 14.2 Å². The standard InChI is InChI=1S/C34H25N3O2/c1-20-10-9-11-21(2)30(20)37-25(19-29-34(37)35-33(36(29)3)22-12-5-4-6-13-22)18-28-31(38)26-16-23-14-7-8-15-24(23)17-27(26)32(28)39/h4-19H,1-3H3. The summed E-state index contributed by atoms with van der Waals surface area (Å²) in [5.74, 6) is 0.376. The minimum Gasteiger partial charge on any atom is -0.326 e. The molecule has 0 spiro atoms. The maximum Gasteiger partial charge on any atom is 0.197 e. The average molecular weight is 508 g/mol. The Morgan fingerprint density at radius 3 is 1.92 bits per heavy atom. The van der Waals surface area contributed by atoms with Crippen molar-refractivity contribution in [3.05, 3.63) is 125 Å². The van der Waals surface area contributed by atoms with E-state index in [1.54, 1.807) is 6.08 Å². The van der Waals surface area contributed by atoms with Gasteiger partial charge in [0.05, 0.1) is 22.5 Å². The third kappa shape index (κ3) is 3.43. The lowest BCUT2D eigenvalue weighted by molar-refractivity contribution is 0.0990. The van der Waals surface area contributed by atoms with Crippen LogP contribution >= 0.6 is 0 Å². The van der Waals surface area contributed by atoms with E-state index in [1.165, 1.54) is 0 Å². The summed E-state index contributed by atoms with van der Waals surface area (Å²) in [6.07, 6.45) is 1.74. The summed E-state index contributed by atoms with van der Waals surface area (Å²) in [5.41, 5.74) is 7.73. The Morgan fingerprint density at radius 2 is 1.31 bits per heavy atom. The minimum atomic E-state index is -0.239. The normalized spacial score (nSPS) is 13.1. The van der Waals surface area contributed by atoms with E-state index in [1.807, 2.05) is 85.9 Å². The number of imidazole rings is 1. The molecule has 0 atom stereocenters. The second-order valence-corrected chi connectivity index (χ2v) is 10.2. The fraction of sp³-hybridized carbons (Fsp3) is 0.0882. The van der Waals surface area contributed by atoms with Gasteiger partial charge in [-0.25, -0.2) is 4.98 Å². The molecule has 2 aromatic heterocycles. The summed E-state index contributed by atoms with van der Waals surface area (Å²) in [5, 5.41) is 1.89. The first-order chi connectivity index (χ1) is 18.9. The third-order valence-electron chi connectivity index (χ3n) is 7.73. The summed E-state index contributed by atoms with van der Waals surface area (Å²) >= 11 is 0. The van der Waals surface area contributed by atoms with Gasteiger partial charge in [-0.05, 0) is 60.0 Å². The SMILES string of the molecule is Cc1cccc(C)c1-n1c(C=C2C(=O)c3cc4ccccc4cc3C2=O)cc2c1nc(-c1ccccc1)n2C. The first-order valence-corrected chi connectivity index (χ1v) is 13.0. The number of carbonyl (C=O) groups is 2.